The smallest absolute Gasteiger partial charge is 0.326 e. The number of nitrogens with one attached hydrogen (secondary N) is 1. The molecule has 1 atom stereocenters. The van der Waals surface area contributed by atoms with Crippen LogP contribution in [0.3, 0.4) is 0 Å². The van der Waals surface area contributed by atoms with Crippen molar-refractivity contribution in [2.24, 2.45) is 0 Å². The van der Waals surface area contributed by atoms with Gasteiger partial charge in [0.25, 0.3) is 0 Å². The molecule has 4 nitrogen and oxygen atoms in total. The Labute approximate surface area is 128 Å². The molecule has 0 aliphatic carbocycles. The van der Waals surface area contributed by atoms with Crippen molar-refractivity contribution in [2.45, 2.75) is 39.2 Å². The molecule has 1 unspecified atom stereocenters. The number of nitrogens with zero attached hydrogens (tertiary/aromatic N) is 1. The molecule has 4 heteroatoms. The van der Waals surface area contributed by atoms with Crippen molar-refractivity contribution in [1.29, 1.82) is 0 Å². The average Bonchev–Trinajstić information content (AvgIpc) is 2.48. The predicted octanol–water partition coefficient (Wildman–Crippen LogP) is 2.83. The number of anilines is 1. The van der Waals surface area contributed by atoms with E-state index in [0.29, 0.717) is 6.61 Å². The minimum absolute atomic E-state index is 0.158. The largest absolute Gasteiger partial charge is 0.465 e. The van der Waals surface area contributed by atoms with Gasteiger partial charge in [-0.1, -0.05) is 25.1 Å². The van der Waals surface area contributed by atoms with E-state index in [9.17, 15) is 4.79 Å². The molecule has 0 saturated heterocycles. The molecular formula is C17H28N2O2. The lowest BCUT2D eigenvalue weighted by molar-refractivity contribution is -0.150. The molecular weight excluding hydrogens is 264 g/mol. The molecule has 0 aliphatic rings. The van der Waals surface area contributed by atoms with Gasteiger partial charge in [0.1, 0.15) is 5.54 Å². The van der Waals surface area contributed by atoms with Gasteiger partial charge in [-0.05, 0) is 45.4 Å². The van der Waals surface area contributed by atoms with Crippen molar-refractivity contribution in [3.8, 4) is 0 Å². The first-order chi connectivity index (χ1) is 10.0. The van der Waals surface area contributed by atoms with Crippen LogP contribution in [0.15, 0.2) is 30.3 Å². The number of hydrogen-bond acceptors (Lipinski definition) is 4. The average molecular weight is 292 g/mol. The van der Waals surface area contributed by atoms with Crippen LogP contribution in [0.25, 0.3) is 0 Å². The molecule has 1 aromatic carbocycles. The Bertz CT molecular complexity index is 422. The molecule has 21 heavy (non-hydrogen) atoms. The van der Waals surface area contributed by atoms with E-state index in [0.717, 1.165) is 25.9 Å². The highest BCUT2D eigenvalue weighted by molar-refractivity contribution is 5.80. The summed E-state index contributed by atoms with van der Waals surface area (Å²) in [4.78, 5) is 14.3. The maximum absolute atomic E-state index is 12.1. The van der Waals surface area contributed by atoms with Crippen molar-refractivity contribution in [3.05, 3.63) is 30.3 Å². The van der Waals surface area contributed by atoms with Crippen molar-refractivity contribution in [3.63, 3.8) is 0 Å². The number of ether oxygens (including phenoxy) is 1. The third-order valence-electron chi connectivity index (χ3n) is 3.66. The standard InChI is InChI=1S/C17H28N2O2/c1-5-18-17(3,16(20)21-6-2)13-10-14-19(4)15-11-8-7-9-12-15/h7-9,11-12,18H,5-6,10,13-14H2,1-4H3. The number of para-hydroxylation sites is 1. The van der Waals surface area contributed by atoms with Gasteiger partial charge in [-0.2, -0.15) is 0 Å². The zero-order valence-corrected chi connectivity index (χ0v) is 13.7. The van der Waals surface area contributed by atoms with Crippen LogP contribution in [0.4, 0.5) is 5.69 Å². The van der Waals surface area contributed by atoms with Gasteiger partial charge in [0.15, 0.2) is 0 Å². The highest BCUT2D eigenvalue weighted by Gasteiger charge is 2.33. The van der Waals surface area contributed by atoms with Crippen molar-refractivity contribution in [1.82, 2.24) is 5.32 Å². The quantitative estimate of drug-likeness (QED) is 0.711. The third kappa shape index (κ3) is 5.38. The van der Waals surface area contributed by atoms with E-state index < -0.39 is 5.54 Å². The normalized spacial score (nSPS) is 13.5. The van der Waals surface area contributed by atoms with Crippen LogP contribution in [0.2, 0.25) is 0 Å². The summed E-state index contributed by atoms with van der Waals surface area (Å²) in [5, 5.41) is 3.26. The topological polar surface area (TPSA) is 41.6 Å². The molecule has 0 heterocycles. The molecule has 0 saturated carbocycles. The second kappa shape index (κ2) is 8.67. The Morgan fingerprint density at radius 2 is 1.95 bits per heavy atom. The molecule has 0 fully saturated rings. The Morgan fingerprint density at radius 3 is 2.52 bits per heavy atom. The molecule has 0 aromatic heterocycles. The van der Waals surface area contributed by atoms with Gasteiger partial charge in [0.05, 0.1) is 6.61 Å². The Hall–Kier alpha value is -1.55. The molecule has 0 radical (unpaired) electrons. The molecule has 0 bridgehead atoms. The van der Waals surface area contributed by atoms with E-state index in [-0.39, 0.29) is 5.97 Å². The fourth-order valence-corrected chi connectivity index (χ4v) is 2.42. The second-order valence-corrected chi connectivity index (χ2v) is 5.44. The van der Waals surface area contributed by atoms with Crippen LogP contribution in [0, 0.1) is 0 Å². The van der Waals surface area contributed by atoms with E-state index in [2.05, 4.69) is 29.4 Å². The third-order valence-corrected chi connectivity index (χ3v) is 3.66. The maximum Gasteiger partial charge on any atom is 0.326 e. The lowest BCUT2D eigenvalue weighted by Gasteiger charge is -2.29. The fraction of sp³-hybridized carbons (Fsp3) is 0.588. The summed E-state index contributed by atoms with van der Waals surface area (Å²) in [6.07, 6.45) is 1.69. The lowest BCUT2D eigenvalue weighted by atomic mass is 9.95. The van der Waals surface area contributed by atoms with Gasteiger partial charge in [0.2, 0.25) is 0 Å². The predicted molar refractivity (Wildman–Crippen MR) is 87.7 cm³/mol. The van der Waals surface area contributed by atoms with Crippen molar-refractivity contribution < 1.29 is 9.53 Å². The summed E-state index contributed by atoms with van der Waals surface area (Å²) < 4.78 is 5.19. The van der Waals surface area contributed by atoms with E-state index in [1.54, 1.807) is 0 Å². The first-order valence-corrected chi connectivity index (χ1v) is 7.72. The molecule has 1 aromatic rings. The minimum Gasteiger partial charge on any atom is -0.465 e. The van der Waals surface area contributed by atoms with Crippen molar-refractivity contribution >= 4 is 11.7 Å². The fourth-order valence-electron chi connectivity index (χ4n) is 2.42. The molecule has 118 valence electrons. The first kappa shape index (κ1) is 17.5. The minimum atomic E-state index is -0.595. The van der Waals surface area contributed by atoms with E-state index in [1.165, 1.54) is 5.69 Å². The van der Waals surface area contributed by atoms with Crippen molar-refractivity contribution in [2.75, 3.05) is 31.6 Å². The van der Waals surface area contributed by atoms with Gasteiger partial charge in [-0.15, -0.1) is 0 Å². The highest BCUT2D eigenvalue weighted by Crippen LogP contribution is 2.17. The molecule has 1 N–H and O–H groups in total. The van der Waals surface area contributed by atoms with Crippen LogP contribution in [0.5, 0.6) is 0 Å². The van der Waals surface area contributed by atoms with Crippen LogP contribution in [0.1, 0.15) is 33.6 Å². The van der Waals surface area contributed by atoms with E-state index >= 15 is 0 Å². The van der Waals surface area contributed by atoms with Crippen LogP contribution in [-0.4, -0.2) is 38.3 Å². The number of likely N-dealkylation sites (N-methyl/N-ethyl adjacent to an activating group) is 1. The van der Waals surface area contributed by atoms with Gasteiger partial charge in [0, 0.05) is 19.3 Å². The van der Waals surface area contributed by atoms with Gasteiger partial charge >= 0.3 is 5.97 Å². The molecule has 1 rings (SSSR count). The van der Waals surface area contributed by atoms with Gasteiger partial charge in [-0.3, -0.25) is 4.79 Å². The van der Waals surface area contributed by atoms with Gasteiger partial charge < -0.3 is 15.0 Å². The molecule has 0 aliphatic heterocycles. The first-order valence-electron chi connectivity index (χ1n) is 7.72. The SMILES string of the molecule is CCNC(C)(CCCN(C)c1ccccc1)C(=O)OCC. The number of carbonyl (C=O) groups is 1. The zero-order chi connectivity index (χ0) is 15.7. The summed E-state index contributed by atoms with van der Waals surface area (Å²) >= 11 is 0. The Morgan fingerprint density at radius 1 is 1.29 bits per heavy atom. The number of carbonyl (C=O) groups excluding carboxylic acids is 1. The summed E-state index contributed by atoms with van der Waals surface area (Å²) in [5.41, 5.74) is 0.598. The molecule has 0 spiro atoms. The summed E-state index contributed by atoms with van der Waals surface area (Å²) in [7, 11) is 2.07. The number of esters is 1. The highest BCUT2D eigenvalue weighted by atomic mass is 16.5. The molecule has 0 amide bonds. The van der Waals surface area contributed by atoms with Crippen LogP contribution in [-0.2, 0) is 9.53 Å². The second-order valence-electron chi connectivity index (χ2n) is 5.44. The Kier molecular flexibility index (Phi) is 7.23. The maximum atomic E-state index is 12.1. The number of rotatable bonds is 9. The zero-order valence-electron chi connectivity index (χ0n) is 13.7. The number of hydrogen-bond donors (Lipinski definition) is 1. The lowest BCUT2D eigenvalue weighted by Crippen LogP contribution is -2.50. The summed E-state index contributed by atoms with van der Waals surface area (Å²) in [6.45, 7) is 7.86. The van der Waals surface area contributed by atoms with E-state index in [4.69, 9.17) is 4.74 Å². The monoisotopic (exact) mass is 292 g/mol. The van der Waals surface area contributed by atoms with Crippen LogP contribution >= 0.6 is 0 Å². The Balaban J connectivity index is 2.52. The summed E-state index contributed by atoms with van der Waals surface area (Å²) in [6, 6.07) is 10.3. The number of benzene rings is 1. The van der Waals surface area contributed by atoms with E-state index in [1.807, 2.05) is 39.0 Å². The summed E-state index contributed by atoms with van der Waals surface area (Å²) in [5.74, 6) is -0.158. The van der Waals surface area contributed by atoms with Gasteiger partial charge in [-0.25, -0.2) is 0 Å². The van der Waals surface area contributed by atoms with Crippen LogP contribution < -0.4 is 10.2 Å².